The number of carboxylic acid groups (broad SMARTS) is 1. The van der Waals surface area contributed by atoms with Crippen LogP contribution in [0.2, 0.25) is 0 Å². The second-order valence-corrected chi connectivity index (χ2v) is 4.68. The molecule has 0 bridgehead atoms. The predicted octanol–water partition coefficient (Wildman–Crippen LogP) is 1.19. The molecule has 110 valence electrons. The van der Waals surface area contributed by atoms with E-state index in [0.717, 1.165) is 11.1 Å². The van der Waals surface area contributed by atoms with E-state index in [9.17, 15) is 9.59 Å². The molecule has 2 atom stereocenters. The van der Waals surface area contributed by atoms with Crippen LogP contribution in [0.5, 0.6) is 0 Å². The quantitative estimate of drug-likeness (QED) is 0.629. The molecule has 1 unspecified atom stereocenters. The lowest BCUT2D eigenvalue weighted by atomic mass is 10.1. The highest BCUT2D eigenvalue weighted by Gasteiger charge is 2.13. The summed E-state index contributed by atoms with van der Waals surface area (Å²) in [6, 6.07) is 7.27. The standard InChI is InChI=1S/C14H20N2O4/c1-9-3-5-11(6-4-9)10(2)16-14(20)15-8-7-12(17)13(18)19/h3-6,10,12,17H,7-8H2,1-2H3,(H,18,19)(H2,15,16,20)/t10?,12-/m0/s1. The first-order valence-corrected chi connectivity index (χ1v) is 6.42. The zero-order valence-electron chi connectivity index (χ0n) is 11.6. The summed E-state index contributed by atoms with van der Waals surface area (Å²) < 4.78 is 0. The lowest BCUT2D eigenvalue weighted by Crippen LogP contribution is -2.39. The van der Waals surface area contributed by atoms with Gasteiger partial charge in [0.1, 0.15) is 0 Å². The van der Waals surface area contributed by atoms with E-state index in [-0.39, 0.29) is 19.0 Å². The number of rotatable bonds is 6. The van der Waals surface area contributed by atoms with E-state index in [2.05, 4.69) is 10.6 Å². The number of aliphatic hydroxyl groups excluding tert-OH is 1. The molecule has 1 aromatic carbocycles. The van der Waals surface area contributed by atoms with Crippen molar-refractivity contribution < 1.29 is 19.8 Å². The molecule has 6 nitrogen and oxygen atoms in total. The predicted molar refractivity (Wildman–Crippen MR) is 74.4 cm³/mol. The van der Waals surface area contributed by atoms with E-state index < -0.39 is 18.1 Å². The van der Waals surface area contributed by atoms with Gasteiger partial charge in [0.05, 0.1) is 6.04 Å². The van der Waals surface area contributed by atoms with Crippen molar-refractivity contribution in [2.45, 2.75) is 32.4 Å². The van der Waals surface area contributed by atoms with Crippen LogP contribution >= 0.6 is 0 Å². The number of aliphatic hydroxyl groups is 1. The van der Waals surface area contributed by atoms with E-state index in [1.54, 1.807) is 0 Å². The van der Waals surface area contributed by atoms with Gasteiger partial charge in [0.15, 0.2) is 6.10 Å². The third kappa shape index (κ3) is 5.27. The minimum atomic E-state index is -1.45. The van der Waals surface area contributed by atoms with E-state index >= 15 is 0 Å². The zero-order chi connectivity index (χ0) is 15.1. The van der Waals surface area contributed by atoms with Gasteiger partial charge in [-0.3, -0.25) is 0 Å². The molecule has 0 aliphatic rings. The largest absolute Gasteiger partial charge is 0.479 e. The number of urea groups is 1. The third-order valence-electron chi connectivity index (χ3n) is 2.91. The maximum absolute atomic E-state index is 11.6. The van der Waals surface area contributed by atoms with Crippen LogP contribution in [0.4, 0.5) is 4.79 Å². The Morgan fingerprint density at radius 1 is 1.25 bits per heavy atom. The average molecular weight is 280 g/mol. The average Bonchev–Trinajstić information content (AvgIpc) is 2.39. The Labute approximate surface area is 117 Å². The SMILES string of the molecule is Cc1ccc(C(C)NC(=O)NCC[C@H](O)C(=O)O)cc1. The van der Waals surface area contributed by atoms with Crippen molar-refractivity contribution in [3.63, 3.8) is 0 Å². The normalized spacial score (nSPS) is 13.3. The number of benzene rings is 1. The maximum Gasteiger partial charge on any atom is 0.332 e. The van der Waals surface area contributed by atoms with Crippen LogP contribution in [-0.2, 0) is 4.79 Å². The number of hydrogen-bond acceptors (Lipinski definition) is 3. The summed E-state index contributed by atoms with van der Waals surface area (Å²) in [5, 5.41) is 22.8. The second kappa shape index (κ2) is 7.49. The van der Waals surface area contributed by atoms with E-state index in [0.29, 0.717) is 0 Å². The van der Waals surface area contributed by atoms with Crippen LogP contribution in [0.25, 0.3) is 0 Å². The molecule has 0 fully saturated rings. The number of carbonyl (C=O) groups is 2. The minimum absolute atomic E-state index is 0.0261. The highest BCUT2D eigenvalue weighted by atomic mass is 16.4. The molecule has 1 aromatic rings. The van der Waals surface area contributed by atoms with Gasteiger partial charge in [-0.15, -0.1) is 0 Å². The van der Waals surface area contributed by atoms with Crippen LogP contribution in [-0.4, -0.2) is 34.9 Å². The molecule has 4 N–H and O–H groups in total. The fourth-order valence-electron chi connectivity index (χ4n) is 1.63. The molecule has 0 saturated heterocycles. The van der Waals surface area contributed by atoms with Gasteiger partial charge in [-0.2, -0.15) is 0 Å². The fraction of sp³-hybridized carbons (Fsp3) is 0.429. The van der Waals surface area contributed by atoms with Crippen LogP contribution in [0.3, 0.4) is 0 Å². The summed E-state index contributed by atoms with van der Waals surface area (Å²) in [7, 11) is 0. The van der Waals surface area contributed by atoms with Gasteiger partial charge in [0.25, 0.3) is 0 Å². The van der Waals surface area contributed by atoms with Gasteiger partial charge < -0.3 is 20.8 Å². The van der Waals surface area contributed by atoms with Crippen molar-refractivity contribution >= 4 is 12.0 Å². The number of carbonyl (C=O) groups excluding carboxylic acids is 1. The number of aliphatic carboxylic acids is 1. The topological polar surface area (TPSA) is 98.7 Å². The molecule has 20 heavy (non-hydrogen) atoms. The number of aryl methyl sites for hydroxylation is 1. The Kier molecular flexibility index (Phi) is 5.99. The molecular formula is C14H20N2O4. The van der Waals surface area contributed by atoms with Crippen molar-refractivity contribution in [1.29, 1.82) is 0 Å². The summed E-state index contributed by atoms with van der Waals surface area (Å²) in [5.74, 6) is -1.29. The zero-order valence-corrected chi connectivity index (χ0v) is 11.6. The van der Waals surface area contributed by atoms with Crippen molar-refractivity contribution in [3.8, 4) is 0 Å². The molecule has 0 saturated carbocycles. The lowest BCUT2D eigenvalue weighted by molar-refractivity contribution is -0.146. The smallest absolute Gasteiger partial charge is 0.332 e. The summed E-state index contributed by atoms with van der Waals surface area (Å²) >= 11 is 0. The molecule has 6 heteroatoms. The molecular weight excluding hydrogens is 260 g/mol. The Bertz CT molecular complexity index is 459. The van der Waals surface area contributed by atoms with E-state index in [1.165, 1.54) is 0 Å². The Hall–Kier alpha value is -2.08. The third-order valence-corrected chi connectivity index (χ3v) is 2.91. The summed E-state index contributed by atoms with van der Waals surface area (Å²) in [6.07, 6.45) is -1.48. The summed E-state index contributed by atoms with van der Waals surface area (Å²) in [4.78, 5) is 22.0. The first-order valence-electron chi connectivity index (χ1n) is 6.42. The first kappa shape index (κ1) is 16.0. The van der Waals surface area contributed by atoms with Gasteiger partial charge in [-0.1, -0.05) is 29.8 Å². The number of hydrogen-bond donors (Lipinski definition) is 4. The summed E-state index contributed by atoms with van der Waals surface area (Å²) in [5.41, 5.74) is 2.13. The van der Waals surface area contributed by atoms with Gasteiger partial charge in [0.2, 0.25) is 0 Å². The minimum Gasteiger partial charge on any atom is -0.479 e. The Balaban J connectivity index is 2.35. The monoisotopic (exact) mass is 280 g/mol. The number of carboxylic acids is 1. The van der Waals surface area contributed by atoms with Crippen molar-refractivity contribution in [2.24, 2.45) is 0 Å². The van der Waals surface area contributed by atoms with Crippen LogP contribution in [0.15, 0.2) is 24.3 Å². The van der Waals surface area contributed by atoms with Gasteiger partial charge >= 0.3 is 12.0 Å². The lowest BCUT2D eigenvalue weighted by Gasteiger charge is -2.15. The van der Waals surface area contributed by atoms with Gasteiger partial charge in [-0.05, 0) is 19.4 Å². The van der Waals surface area contributed by atoms with Crippen molar-refractivity contribution in [3.05, 3.63) is 35.4 Å². The van der Waals surface area contributed by atoms with Crippen LogP contribution in [0.1, 0.15) is 30.5 Å². The highest BCUT2D eigenvalue weighted by Crippen LogP contribution is 2.12. The van der Waals surface area contributed by atoms with Gasteiger partial charge in [-0.25, -0.2) is 9.59 Å². The molecule has 2 amide bonds. The van der Waals surface area contributed by atoms with E-state index in [4.69, 9.17) is 10.2 Å². The molecule has 0 radical (unpaired) electrons. The first-order chi connectivity index (χ1) is 9.40. The number of amides is 2. The Morgan fingerprint density at radius 3 is 2.40 bits per heavy atom. The molecule has 0 spiro atoms. The molecule has 1 rings (SSSR count). The molecule has 0 heterocycles. The second-order valence-electron chi connectivity index (χ2n) is 4.68. The van der Waals surface area contributed by atoms with Crippen LogP contribution in [0, 0.1) is 6.92 Å². The van der Waals surface area contributed by atoms with Crippen molar-refractivity contribution in [1.82, 2.24) is 10.6 Å². The summed E-state index contributed by atoms with van der Waals surface area (Å²) in [6.45, 7) is 3.94. The van der Waals surface area contributed by atoms with Crippen molar-refractivity contribution in [2.75, 3.05) is 6.54 Å². The number of nitrogens with one attached hydrogen (secondary N) is 2. The molecule has 0 aliphatic carbocycles. The molecule has 0 aromatic heterocycles. The van der Waals surface area contributed by atoms with Crippen LogP contribution < -0.4 is 10.6 Å². The molecule has 0 aliphatic heterocycles. The van der Waals surface area contributed by atoms with Gasteiger partial charge in [0, 0.05) is 13.0 Å². The maximum atomic E-state index is 11.6. The fourth-order valence-corrected chi connectivity index (χ4v) is 1.63. The van der Waals surface area contributed by atoms with E-state index in [1.807, 2.05) is 38.1 Å². The highest BCUT2D eigenvalue weighted by molar-refractivity contribution is 5.75. The Morgan fingerprint density at radius 2 is 1.85 bits per heavy atom.